The van der Waals surface area contributed by atoms with Crippen LogP contribution in [0.2, 0.25) is 0 Å². The predicted molar refractivity (Wildman–Crippen MR) is 87.1 cm³/mol. The van der Waals surface area contributed by atoms with Gasteiger partial charge < -0.3 is 24.9 Å². The molecule has 0 saturated heterocycles. The number of carbonyl (C=O) groups excluding carboxylic acids is 1. The summed E-state index contributed by atoms with van der Waals surface area (Å²) in [6.45, 7) is 2.92. The second kappa shape index (κ2) is 8.93. The molecule has 0 bridgehead atoms. The van der Waals surface area contributed by atoms with Crippen molar-refractivity contribution in [3.63, 3.8) is 0 Å². The fourth-order valence-electron chi connectivity index (χ4n) is 2.74. The van der Waals surface area contributed by atoms with Crippen LogP contribution in [0, 0.1) is 0 Å². The lowest BCUT2D eigenvalue weighted by atomic mass is 9.98. The molecule has 23 heavy (non-hydrogen) atoms. The van der Waals surface area contributed by atoms with E-state index in [1.165, 1.54) is 25.5 Å². The van der Waals surface area contributed by atoms with Gasteiger partial charge in [0.05, 0.1) is 18.9 Å². The number of nitrogens with one attached hydrogen (secondary N) is 2. The first-order valence-corrected chi connectivity index (χ1v) is 8.47. The van der Waals surface area contributed by atoms with E-state index in [0.29, 0.717) is 25.0 Å². The minimum atomic E-state index is -1.22. The van der Waals surface area contributed by atoms with Crippen molar-refractivity contribution in [3.05, 3.63) is 24.2 Å². The molecular formula is C17H28N2O4. The fraction of sp³-hybridized carbons (Fsp3) is 0.706. The van der Waals surface area contributed by atoms with Crippen molar-refractivity contribution in [1.82, 2.24) is 10.6 Å². The van der Waals surface area contributed by atoms with Crippen molar-refractivity contribution < 1.29 is 19.1 Å². The van der Waals surface area contributed by atoms with E-state index in [-0.39, 0.29) is 12.6 Å². The predicted octanol–water partition coefficient (Wildman–Crippen LogP) is 2.53. The highest BCUT2D eigenvalue weighted by molar-refractivity contribution is 5.73. The van der Waals surface area contributed by atoms with E-state index >= 15 is 0 Å². The van der Waals surface area contributed by atoms with Gasteiger partial charge in [-0.1, -0.05) is 19.3 Å². The second-order valence-electron chi connectivity index (χ2n) is 6.34. The van der Waals surface area contributed by atoms with E-state index in [2.05, 4.69) is 10.6 Å². The molecule has 1 fully saturated rings. The van der Waals surface area contributed by atoms with Gasteiger partial charge in [0.25, 0.3) is 0 Å². The number of urea groups is 1. The van der Waals surface area contributed by atoms with Crippen LogP contribution in [0.25, 0.3) is 0 Å². The van der Waals surface area contributed by atoms with E-state index in [4.69, 9.17) is 9.15 Å². The summed E-state index contributed by atoms with van der Waals surface area (Å²) in [5.74, 6) is 0.429. The topological polar surface area (TPSA) is 83.7 Å². The Hall–Kier alpha value is -1.53. The molecule has 1 unspecified atom stereocenters. The lowest BCUT2D eigenvalue weighted by Gasteiger charge is -2.22. The first kappa shape index (κ1) is 17.8. The van der Waals surface area contributed by atoms with Gasteiger partial charge in [-0.05, 0) is 38.3 Å². The van der Waals surface area contributed by atoms with Gasteiger partial charge in [0.2, 0.25) is 0 Å². The van der Waals surface area contributed by atoms with Crippen molar-refractivity contribution >= 4 is 6.03 Å². The Bertz CT molecular complexity index is 453. The maximum absolute atomic E-state index is 11.7. The number of aliphatic hydroxyl groups is 1. The van der Waals surface area contributed by atoms with E-state index in [1.807, 2.05) is 0 Å². The molecule has 6 nitrogen and oxygen atoms in total. The Kier molecular flexibility index (Phi) is 6.92. The third-order valence-electron chi connectivity index (χ3n) is 4.16. The molecule has 6 heteroatoms. The molecule has 0 radical (unpaired) electrons. The summed E-state index contributed by atoms with van der Waals surface area (Å²) < 4.78 is 11.0. The lowest BCUT2D eigenvalue weighted by Crippen LogP contribution is -2.43. The molecule has 1 heterocycles. The zero-order chi connectivity index (χ0) is 16.5. The Balaban J connectivity index is 1.53. The Labute approximate surface area is 137 Å². The second-order valence-corrected chi connectivity index (χ2v) is 6.34. The number of carbonyl (C=O) groups is 1. The molecule has 1 saturated carbocycles. The molecule has 1 aliphatic carbocycles. The largest absolute Gasteiger partial charge is 0.466 e. The highest BCUT2D eigenvalue weighted by Gasteiger charge is 2.26. The molecule has 1 aromatic rings. The number of hydrogen-bond acceptors (Lipinski definition) is 4. The summed E-state index contributed by atoms with van der Waals surface area (Å²) in [6.07, 6.45) is 8.87. The van der Waals surface area contributed by atoms with Crippen LogP contribution in [0.5, 0.6) is 0 Å². The van der Waals surface area contributed by atoms with Crippen LogP contribution >= 0.6 is 0 Å². The van der Waals surface area contributed by atoms with E-state index in [1.54, 1.807) is 19.1 Å². The maximum atomic E-state index is 11.7. The molecular weight excluding hydrogens is 296 g/mol. The summed E-state index contributed by atoms with van der Waals surface area (Å²) in [5, 5.41) is 15.6. The quantitative estimate of drug-likeness (QED) is 0.642. The summed E-state index contributed by atoms with van der Waals surface area (Å²) in [5.41, 5.74) is -1.22. The number of amides is 2. The average Bonchev–Trinajstić information content (AvgIpc) is 3.09. The summed E-state index contributed by atoms with van der Waals surface area (Å²) in [4.78, 5) is 11.7. The molecule has 0 aliphatic heterocycles. The molecule has 3 N–H and O–H groups in total. The van der Waals surface area contributed by atoms with Gasteiger partial charge in [-0.3, -0.25) is 0 Å². The molecule has 0 spiro atoms. The molecule has 1 atom stereocenters. The lowest BCUT2D eigenvalue weighted by molar-refractivity contribution is 0.0273. The van der Waals surface area contributed by atoms with Gasteiger partial charge in [0.15, 0.2) is 0 Å². The van der Waals surface area contributed by atoms with Gasteiger partial charge in [0.1, 0.15) is 11.4 Å². The average molecular weight is 324 g/mol. The minimum absolute atomic E-state index is 0.0882. The molecule has 1 aromatic heterocycles. The molecule has 1 aliphatic rings. The Morgan fingerprint density at radius 2 is 2.17 bits per heavy atom. The summed E-state index contributed by atoms with van der Waals surface area (Å²) in [6, 6.07) is 3.09. The van der Waals surface area contributed by atoms with Crippen molar-refractivity contribution in [3.8, 4) is 0 Å². The monoisotopic (exact) mass is 324 g/mol. The highest BCUT2D eigenvalue weighted by Crippen LogP contribution is 2.20. The van der Waals surface area contributed by atoms with Crippen molar-refractivity contribution in [1.29, 1.82) is 0 Å². The standard InChI is InChI=1S/C17H28N2O4/c1-17(21,15-9-5-11-23-15)13-19-16(20)18-10-6-12-22-14-7-3-2-4-8-14/h5,9,11,14,21H,2-4,6-8,10,12-13H2,1H3,(H2,18,19,20). The number of rotatable bonds is 8. The van der Waals surface area contributed by atoms with E-state index in [9.17, 15) is 9.90 Å². The Morgan fingerprint density at radius 1 is 1.39 bits per heavy atom. The van der Waals surface area contributed by atoms with Crippen molar-refractivity contribution in [2.24, 2.45) is 0 Å². The fourth-order valence-corrected chi connectivity index (χ4v) is 2.74. The van der Waals surface area contributed by atoms with Crippen molar-refractivity contribution in [2.45, 2.75) is 57.2 Å². The number of ether oxygens (including phenoxy) is 1. The summed E-state index contributed by atoms with van der Waals surface area (Å²) in [7, 11) is 0. The van der Waals surface area contributed by atoms with Gasteiger partial charge in [-0.25, -0.2) is 4.79 Å². The zero-order valence-electron chi connectivity index (χ0n) is 13.8. The molecule has 2 rings (SSSR count). The normalized spacial score (nSPS) is 18.3. The minimum Gasteiger partial charge on any atom is -0.466 e. The zero-order valence-corrected chi connectivity index (χ0v) is 13.8. The van der Waals surface area contributed by atoms with Gasteiger partial charge >= 0.3 is 6.03 Å². The maximum Gasteiger partial charge on any atom is 0.314 e. The Morgan fingerprint density at radius 3 is 2.87 bits per heavy atom. The van der Waals surface area contributed by atoms with Crippen LogP contribution in [0.15, 0.2) is 22.8 Å². The van der Waals surface area contributed by atoms with E-state index in [0.717, 1.165) is 19.3 Å². The first-order valence-electron chi connectivity index (χ1n) is 8.47. The van der Waals surface area contributed by atoms with Gasteiger partial charge in [0, 0.05) is 13.2 Å². The smallest absolute Gasteiger partial charge is 0.314 e. The van der Waals surface area contributed by atoms with Crippen LogP contribution in [0.1, 0.15) is 51.2 Å². The van der Waals surface area contributed by atoms with Crippen LogP contribution in [-0.4, -0.2) is 36.9 Å². The molecule has 2 amide bonds. The van der Waals surface area contributed by atoms with Crippen LogP contribution in [-0.2, 0) is 10.3 Å². The first-order chi connectivity index (χ1) is 11.1. The third kappa shape index (κ3) is 6.23. The van der Waals surface area contributed by atoms with Crippen LogP contribution in [0.4, 0.5) is 4.79 Å². The number of furan rings is 1. The van der Waals surface area contributed by atoms with E-state index < -0.39 is 5.60 Å². The molecule has 0 aromatic carbocycles. The molecule has 130 valence electrons. The highest BCUT2D eigenvalue weighted by atomic mass is 16.5. The van der Waals surface area contributed by atoms with Crippen molar-refractivity contribution in [2.75, 3.05) is 19.7 Å². The van der Waals surface area contributed by atoms with Gasteiger partial charge in [-0.15, -0.1) is 0 Å². The van der Waals surface area contributed by atoms with Gasteiger partial charge in [-0.2, -0.15) is 0 Å². The van der Waals surface area contributed by atoms with Crippen LogP contribution < -0.4 is 10.6 Å². The van der Waals surface area contributed by atoms with Crippen LogP contribution in [0.3, 0.4) is 0 Å². The number of hydrogen-bond donors (Lipinski definition) is 3. The summed E-state index contributed by atoms with van der Waals surface area (Å²) >= 11 is 0. The third-order valence-corrected chi connectivity index (χ3v) is 4.16. The SMILES string of the molecule is CC(O)(CNC(=O)NCCCOC1CCCCC1)c1ccco1.